The molecule has 4 rings (SSSR count). The maximum atomic E-state index is 15.0. The van der Waals surface area contributed by atoms with Crippen LogP contribution in [0, 0.1) is 11.6 Å². The molecule has 0 unspecified atom stereocenters. The molecule has 3 aromatic rings. The van der Waals surface area contributed by atoms with Crippen molar-refractivity contribution in [1.82, 2.24) is 10.3 Å². The standard InChI is InChI=1S/C25H24ClF2N3O4/c1-30-13-25(14-6-4-3-5-7-14)12-16-19(35-25)11-17(27)21(26)20(16)22-15(23(29)32)10-18(28)24(31-22)34-9-8-33-2/h3-7,10-11,30H,8-9,12-13H2,1-2H3,(H2,29,32)/t25-/m1/s1. The van der Waals surface area contributed by atoms with Gasteiger partial charge in [-0.3, -0.25) is 4.79 Å². The molecule has 0 bridgehead atoms. The molecule has 0 radical (unpaired) electrons. The zero-order valence-electron chi connectivity index (χ0n) is 19.2. The molecule has 0 saturated carbocycles. The molecule has 1 atom stereocenters. The smallest absolute Gasteiger partial charge is 0.251 e. The summed E-state index contributed by atoms with van der Waals surface area (Å²) in [5, 5.41) is 2.84. The SMILES string of the molecule is CNC[C@@]1(c2ccccc2)Cc2c(cc(F)c(Cl)c2-c2nc(OCCOC)c(F)cc2C(N)=O)O1. The molecule has 2 aromatic carbocycles. The number of hydrogen-bond acceptors (Lipinski definition) is 6. The minimum Gasteiger partial charge on any atom is -0.480 e. The third-order valence-corrected chi connectivity index (χ3v) is 6.16. The molecule has 0 saturated heterocycles. The fourth-order valence-corrected chi connectivity index (χ4v) is 4.51. The monoisotopic (exact) mass is 503 g/mol. The van der Waals surface area contributed by atoms with Crippen molar-refractivity contribution in [2.45, 2.75) is 12.0 Å². The Labute approximate surface area is 206 Å². The molecule has 7 nitrogen and oxygen atoms in total. The van der Waals surface area contributed by atoms with Gasteiger partial charge in [0, 0.05) is 37.3 Å². The van der Waals surface area contributed by atoms with E-state index in [9.17, 15) is 9.18 Å². The topological polar surface area (TPSA) is 95.7 Å². The first-order valence-electron chi connectivity index (χ1n) is 10.8. The number of fused-ring (bicyclic) bond motifs is 1. The summed E-state index contributed by atoms with van der Waals surface area (Å²) in [4.78, 5) is 16.4. The van der Waals surface area contributed by atoms with Gasteiger partial charge in [0.25, 0.3) is 11.8 Å². The highest BCUT2D eigenvalue weighted by molar-refractivity contribution is 6.34. The maximum Gasteiger partial charge on any atom is 0.251 e. The van der Waals surface area contributed by atoms with Crippen LogP contribution < -0.4 is 20.5 Å². The first-order valence-corrected chi connectivity index (χ1v) is 11.2. The van der Waals surface area contributed by atoms with Crippen LogP contribution in [0.25, 0.3) is 11.3 Å². The number of methoxy groups -OCH3 is 1. The van der Waals surface area contributed by atoms with Crippen molar-refractivity contribution in [1.29, 1.82) is 0 Å². The number of nitrogens with one attached hydrogen (secondary N) is 1. The molecule has 0 aliphatic carbocycles. The van der Waals surface area contributed by atoms with Crippen LogP contribution >= 0.6 is 11.6 Å². The van der Waals surface area contributed by atoms with Crippen molar-refractivity contribution in [3.8, 4) is 22.9 Å². The molecule has 1 aromatic heterocycles. The summed E-state index contributed by atoms with van der Waals surface area (Å²) in [5.41, 5.74) is 5.77. The number of halogens is 3. The summed E-state index contributed by atoms with van der Waals surface area (Å²) in [6, 6.07) is 11.6. The third-order valence-electron chi connectivity index (χ3n) is 5.79. The maximum absolute atomic E-state index is 15.0. The number of nitrogens with two attached hydrogens (primary N) is 1. The van der Waals surface area contributed by atoms with Gasteiger partial charge < -0.3 is 25.3 Å². The Balaban J connectivity index is 1.91. The highest BCUT2D eigenvalue weighted by Gasteiger charge is 2.43. The molecule has 35 heavy (non-hydrogen) atoms. The zero-order chi connectivity index (χ0) is 25.2. The third kappa shape index (κ3) is 4.67. The van der Waals surface area contributed by atoms with Crippen molar-refractivity contribution >= 4 is 17.5 Å². The molecule has 1 aliphatic heterocycles. The van der Waals surface area contributed by atoms with E-state index in [0.717, 1.165) is 11.6 Å². The number of primary amides is 1. The first kappa shape index (κ1) is 24.8. The average molecular weight is 504 g/mol. The summed E-state index contributed by atoms with van der Waals surface area (Å²) in [7, 11) is 3.25. The van der Waals surface area contributed by atoms with E-state index in [1.807, 2.05) is 30.3 Å². The van der Waals surface area contributed by atoms with Crippen molar-refractivity contribution < 1.29 is 27.8 Å². The lowest BCUT2D eigenvalue weighted by atomic mass is 9.86. The van der Waals surface area contributed by atoms with Crippen molar-refractivity contribution in [2.24, 2.45) is 5.73 Å². The van der Waals surface area contributed by atoms with Gasteiger partial charge in [0.15, 0.2) is 11.4 Å². The molecule has 10 heteroatoms. The Kier molecular flexibility index (Phi) is 7.20. The van der Waals surface area contributed by atoms with E-state index in [2.05, 4.69) is 10.3 Å². The van der Waals surface area contributed by atoms with Gasteiger partial charge in [-0.2, -0.15) is 0 Å². The molecule has 2 heterocycles. The number of aromatic nitrogens is 1. The van der Waals surface area contributed by atoms with E-state index in [1.165, 1.54) is 13.2 Å². The van der Waals surface area contributed by atoms with Gasteiger partial charge >= 0.3 is 0 Å². The second kappa shape index (κ2) is 10.2. The number of benzene rings is 2. The highest BCUT2D eigenvalue weighted by Crippen LogP contribution is 2.49. The Morgan fingerprint density at radius 1 is 1.23 bits per heavy atom. The molecule has 0 fully saturated rings. The van der Waals surface area contributed by atoms with Gasteiger partial charge in [0.2, 0.25) is 0 Å². The summed E-state index contributed by atoms with van der Waals surface area (Å²) in [6.07, 6.45) is 0.277. The number of ether oxygens (including phenoxy) is 3. The van der Waals surface area contributed by atoms with Crippen LogP contribution in [0.2, 0.25) is 5.02 Å². The summed E-state index contributed by atoms with van der Waals surface area (Å²) in [6.45, 7) is 0.587. The predicted molar refractivity (Wildman–Crippen MR) is 127 cm³/mol. The van der Waals surface area contributed by atoms with Crippen LogP contribution in [0.5, 0.6) is 11.6 Å². The fraction of sp³-hybridized carbons (Fsp3) is 0.280. The Hall–Kier alpha value is -3.27. The number of carbonyl (C=O) groups is 1. The van der Waals surface area contributed by atoms with Gasteiger partial charge in [-0.1, -0.05) is 41.9 Å². The van der Waals surface area contributed by atoms with E-state index in [4.69, 9.17) is 31.5 Å². The normalized spacial score (nSPS) is 16.6. The van der Waals surface area contributed by atoms with Gasteiger partial charge in [-0.05, 0) is 18.7 Å². The lowest BCUT2D eigenvalue weighted by Gasteiger charge is -2.29. The van der Waals surface area contributed by atoms with Crippen LogP contribution in [0.4, 0.5) is 8.78 Å². The number of pyridine rings is 1. The molecule has 3 N–H and O–H groups in total. The Morgan fingerprint density at radius 3 is 2.63 bits per heavy atom. The van der Waals surface area contributed by atoms with Gasteiger partial charge in [0.1, 0.15) is 18.2 Å². The van der Waals surface area contributed by atoms with E-state index in [1.54, 1.807) is 7.05 Å². The van der Waals surface area contributed by atoms with Crippen LogP contribution in [0.1, 0.15) is 21.5 Å². The van der Waals surface area contributed by atoms with Gasteiger partial charge in [-0.15, -0.1) is 0 Å². The van der Waals surface area contributed by atoms with Crippen molar-refractivity contribution in [2.75, 3.05) is 33.9 Å². The molecular formula is C25H24ClF2N3O4. The molecule has 1 aliphatic rings. The summed E-state index contributed by atoms with van der Waals surface area (Å²) in [5.74, 6) is -2.78. The Bertz CT molecular complexity index is 1260. The summed E-state index contributed by atoms with van der Waals surface area (Å²) < 4.78 is 46.3. The van der Waals surface area contributed by atoms with E-state index >= 15 is 4.39 Å². The van der Waals surface area contributed by atoms with E-state index in [0.29, 0.717) is 12.1 Å². The largest absolute Gasteiger partial charge is 0.480 e. The minimum atomic E-state index is -0.951. The molecule has 1 amide bonds. The number of carbonyl (C=O) groups excluding carboxylic acids is 1. The lowest BCUT2D eigenvalue weighted by Crippen LogP contribution is -2.41. The highest BCUT2D eigenvalue weighted by atomic mass is 35.5. The number of rotatable bonds is 9. The van der Waals surface area contributed by atoms with Crippen LogP contribution in [0.3, 0.4) is 0 Å². The average Bonchev–Trinajstić information content (AvgIpc) is 3.20. The van der Waals surface area contributed by atoms with Crippen molar-refractivity contribution in [3.05, 3.63) is 75.8 Å². The van der Waals surface area contributed by atoms with Gasteiger partial charge in [-0.25, -0.2) is 13.8 Å². The molecule has 0 spiro atoms. The molecular weight excluding hydrogens is 480 g/mol. The van der Waals surface area contributed by atoms with E-state index < -0.39 is 23.1 Å². The summed E-state index contributed by atoms with van der Waals surface area (Å²) >= 11 is 6.43. The Morgan fingerprint density at radius 2 is 1.97 bits per heavy atom. The number of nitrogens with zero attached hydrogens (tertiary/aromatic N) is 1. The second-order valence-electron chi connectivity index (χ2n) is 8.07. The van der Waals surface area contributed by atoms with E-state index in [-0.39, 0.29) is 53.1 Å². The van der Waals surface area contributed by atoms with Crippen LogP contribution in [-0.2, 0) is 16.8 Å². The fourth-order valence-electron chi connectivity index (χ4n) is 4.25. The predicted octanol–water partition coefficient (Wildman–Crippen LogP) is 3.85. The number of amides is 1. The number of hydrogen-bond donors (Lipinski definition) is 2. The zero-order valence-corrected chi connectivity index (χ0v) is 19.9. The quantitative estimate of drug-likeness (QED) is 0.431. The van der Waals surface area contributed by atoms with Crippen molar-refractivity contribution in [3.63, 3.8) is 0 Å². The minimum absolute atomic E-state index is 0.00711. The second-order valence-corrected chi connectivity index (χ2v) is 8.45. The lowest BCUT2D eigenvalue weighted by molar-refractivity contribution is 0.0940. The van der Waals surface area contributed by atoms with Gasteiger partial charge in [0.05, 0.1) is 22.9 Å². The first-order chi connectivity index (χ1) is 16.8. The van der Waals surface area contributed by atoms with Crippen LogP contribution in [-0.4, -0.2) is 44.8 Å². The number of likely N-dealkylation sites (N-methyl/N-ethyl adjacent to an activating group) is 1. The molecule has 184 valence electrons. The van der Waals surface area contributed by atoms with Crippen LogP contribution in [0.15, 0.2) is 42.5 Å².